The summed E-state index contributed by atoms with van der Waals surface area (Å²) < 4.78 is 11.1. The summed E-state index contributed by atoms with van der Waals surface area (Å²) in [5, 5.41) is 0. The molecule has 0 heterocycles. The lowest BCUT2D eigenvalue weighted by atomic mass is 10.0. The van der Waals surface area contributed by atoms with Gasteiger partial charge in [0, 0.05) is 26.1 Å². The van der Waals surface area contributed by atoms with Crippen molar-refractivity contribution in [3.63, 3.8) is 0 Å². The van der Waals surface area contributed by atoms with Crippen molar-refractivity contribution in [2.75, 3.05) is 14.2 Å². The fourth-order valence-electron chi connectivity index (χ4n) is 4.48. The molecule has 0 spiro atoms. The largest absolute Gasteiger partial charge is 0.353 e. The number of methoxy groups -OCH3 is 2. The molecule has 0 aromatic carbocycles. The molecular formula is C9H12O2. The van der Waals surface area contributed by atoms with E-state index in [9.17, 15) is 0 Å². The van der Waals surface area contributed by atoms with E-state index in [1.807, 2.05) is 0 Å². The Balaban J connectivity index is 1.84. The van der Waals surface area contributed by atoms with Crippen LogP contribution in [-0.2, 0) is 9.47 Å². The van der Waals surface area contributed by atoms with Gasteiger partial charge >= 0.3 is 0 Å². The van der Waals surface area contributed by atoms with Crippen LogP contribution in [-0.4, -0.2) is 20.0 Å². The summed E-state index contributed by atoms with van der Waals surface area (Å²) >= 11 is 0. The fourth-order valence-corrected chi connectivity index (χ4v) is 4.48. The van der Waals surface area contributed by atoms with E-state index in [1.54, 1.807) is 14.2 Å². The molecule has 0 aromatic rings. The molecule has 5 aliphatic carbocycles. The van der Waals surface area contributed by atoms with Crippen LogP contribution in [0.4, 0.5) is 0 Å². The van der Waals surface area contributed by atoms with E-state index in [1.165, 1.54) is 0 Å². The fraction of sp³-hybridized carbons (Fsp3) is 1.00. The first-order chi connectivity index (χ1) is 5.37. The van der Waals surface area contributed by atoms with E-state index >= 15 is 0 Å². The summed E-state index contributed by atoms with van der Waals surface area (Å²) in [4.78, 5) is 0. The Morgan fingerprint density at radius 2 is 1.18 bits per heavy atom. The number of hydrogen-bond donors (Lipinski definition) is 0. The molecule has 0 N–H and O–H groups in total. The zero-order valence-electron chi connectivity index (χ0n) is 6.78. The van der Waals surface area contributed by atoms with Crippen LogP contribution in [0.1, 0.15) is 0 Å². The molecule has 2 heteroatoms. The second-order valence-electron chi connectivity index (χ2n) is 4.49. The molecular weight excluding hydrogens is 140 g/mol. The quantitative estimate of drug-likeness (QED) is 0.543. The predicted molar refractivity (Wildman–Crippen MR) is 37.7 cm³/mol. The average molecular weight is 152 g/mol. The first kappa shape index (κ1) is 5.55. The van der Waals surface area contributed by atoms with Gasteiger partial charge in [0.25, 0.3) is 0 Å². The minimum Gasteiger partial charge on any atom is -0.353 e. The Hall–Kier alpha value is -0.0800. The molecule has 5 aliphatic rings. The average Bonchev–Trinajstić information content (AvgIpc) is 2.73. The lowest BCUT2D eigenvalue weighted by Gasteiger charge is -2.27. The molecule has 5 fully saturated rings. The van der Waals surface area contributed by atoms with Crippen LogP contribution < -0.4 is 0 Å². The molecule has 11 heavy (non-hydrogen) atoms. The summed E-state index contributed by atoms with van der Waals surface area (Å²) in [5.41, 5.74) is 0. The van der Waals surface area contributed by atoms with Crippen molar-refractivity contribution >= 4 is 0 Å². The third-order valence-electron chi connectivity index (χ3n) is 4.72. The third-order valence-corrected chi connectivity index (χ3v) is 4.72. The molecule has 2 bridgehead atoms. The van der Waals surface area contributed by atoms with Gasteiger partial charge in [-0.15, -0.1) is 0 Å². The van der Waals surface area contributed by atoms with Gasteiger partial charge in [-0.25, -0.2) is 0 Å². The number of rotatable bonds is 2. The van der Waals surface area contributed by atoms with Crippen LogP contribution in [0.5, 0.6) is 0 Å². The molecule has 0 saturated heterocycles. The smallest absolute Gasteiger partial charge is 0.174 e. The van der Waals surface area contributed by atoms with Crippen LogP contribution >= 0.6 is 0 Å². The lowest BCUT2D eigenvalue weighted by Crippen LogP contribution is -2.35. The van der Waals surface area contributed by atoms with Crippen molar-refractivity contribution in [3.05, 3.63) is 0 Å². The first-order valence-electron chi connectivity index (χ1n) is 4.47. The van der Waals surface area contributed by atoms with Gasteiger partial charge in [-0.1, -0.05) is 0 Å². The number of hydrogen-bond acceptors (Lipinski definition) is 2. The summed E-state index contributed by atoms with van der Waals surface area (Å²) in [6, 6.07) is 0. The van der Waals surface area contributed by atoms with Gasteiger partial charge in [-0.05, 0) is 23.7 Å². The van der Waals surface area contributed by atoms with E-state index in [2.05, 4.69) is 0 Å². The second-order valence-corrected chi connectivity index (χ2v) is 4.49. The highest BCUT2D eigenvalue weighted by Crippen LogP contribution is 2.95. The topological polar surface area (TPSA) is 18.5 Å². The second kappa shape index (κ2) is 1.17. The van der Waals surface area contributed by atoms with Crippen LogP contribution in [0, 0.1) is 35.5 Å². The van der Waals surface area contributed by atoms with Gasteiger partial charge in [-0.2, -0.15) is 0 Å². The van der Waals surface area contributed by atoms with Crippen molar-refractivity contribution in [1.82, 2.24) is 0 Å². The normalized spacial score (nSPS) is 70.4. The molecule has 60 valence electrons. The van der Waals surface area contributed by atoms with Gasteiger partial charge in [0.05, 0.1) is 0 Å². The van der Waals surface area contributed by atoms with Gasteiger partial charge in [0.1, 0.15) is 0 Å². The van der Waals surface area contributed by atoms with Crippen molar-refractivity contribution in [2.45, 2.75) is 5.79 Å². The first-order valence-corrected chi connectivity index (χ1v) is 4.47. The molecule has 5 saturated carbocycles. The molecule has 0 amide bonds. The maximum absolute atomic E-state index is 5.55. The summed E-state index contributed by atoms with van der Waals surface area (Å²) in [7, 11) is 3.61. The summed E-state index contributed by atoms with van der Waals surface area (Å²) in [6.07, 6.45) is 0. The van der Waals surface area contributed by atoms with Crippen molar-refractivity contribution < 1.29 is 9.47 Å². The minimum atomic E-state index is -0.120. The molecule has 5 rings (SSSR count). The highest BCUT2D eigenvalue weighted by Gasteiger charge is 2.97. The van der Waals surface area contributed by atoms with Gasteiger partial charge in [0.15, 0.2) is 5.79 Å². The van der Waals surface area contributed by atoms with E-state index in [0.717, 1.165) is 35.5 Å². The monoisotopic (exact) mass is 152 g/mol. The van der Waals surface area contributed by atoms with E-state index in [4.69, 9.17) is 9.47 Å². The lowest BCUT2D eigenvalue weighted by molar-refractivity contribution is -0.222. The van der Waals surface area contributed by atoms with Crippen LogP contribution in [0.3, 0.4) is 0 Å². The highest BCUT2D eigenvalue weighted by atomic mass is 16.7. The number of ether oxygens (including phenoxy) is 2. The molecule has 0 atom stereocenters. The van der Waals surface area contributed by atoms with Crippen LogP contribution in [0.25, 0.3) is 0 Å². The predicted octanol–water partition coefficient (Wildman–Crippen LogP) is 0.727. The summed E-state index contributed by atoms with van der Waals surface area (Å²) in [6.45, 7) is 0. The standard InChI is InChI=1S/C9H12O2/c1-10-9(11-2)7-3-4(7)6-5(3)8(6)9/h3-8H,1-2H3. The SMILES string of the molecule is COC1(OC)C2C3C2C2C3C21. The Morgan fingerprint density at radius 3 is 1.36 bits per heavy atom. The van der Waals surface area contributed by atoms with Crippen molar-refractivity contribution in [1.29, 1.82) is 0 Å². The third kappa shape index (κ3) is 0.295. The zero-order valence-corrected chi connectivity index (χ0v) is 6.78. The maximum Gasteiger partial charge on any atom is 0.174 e. The van der Waals surface area contributed by atoms with Crippen molar-refractivity contribution in [3.8, 4) is 0 Å². The highest BCUT2D eigenvalue weighted by molar-refractivity contribution is 5.41. The van der Waals surface area contributed by atoms with Gasteiger partial charge < -0.3 is 9.47 Å². The maximum atomic E-state index is 5.55. The zero-order chi connectivity index (χ0) is 7.38. The van der Waals surface area contributed by atoms with Gasteiger partial charge in [-0.3, -0.25) is 0 Å². The Bertz CT molecular complexity index is 200. The van der Waals surface area contributed by atoms with Gasteiger partial charge in [0.2, 0.25) is 0 Å². The van der Waals surface area contributed by atoms with Crippen LogP contribution in [0.2, 0.25) is 0 Å². The minimum absolute atomic E-state index is 0.120. The Labute approximate surface area is 65.9 Å². The van der Waals surface area contributed by atoms with E-state index < -0.39 is 0 Å². The molecule has 0 radical (unpaired) electrons. The van der Waals surface area contributed by atoms with Crippen LogP contribution in [0.15, 0.2) is 0 Å². The Kier molecular flexibility index (Phi) is 0.592. The van der Waals surface area contributed by atoms with Crippen molar-refractivity contribution in [2.24, 2.45) is 35.5 Å². The summed E-state index contributed by atoms with van der Waals surface area (Å²) in [5.74, 6) is 5.53. The molecule has 0 aromatic heterocycles. The molecule has 0 aliphatic heterocycles. The van der Waals surface area contributed by atoms with E-state index in [-0.39, 0.29) is 5.79 Å². The Morgan fingerprint density at radius 1 is 0.818 bits per heavy atom. The van der Waals surface area contributed by atoms with E-state index in [0.29, 0.717) is 0 Å². The molecule has 2 nitrogen and oxygen atoms in total. The molecule has 0 unspecified atom stereocenters.